The van der Waals surface area contributed by atoms with E-state index in [-0.39, 0.29) is 17.8 Å². The maximum Gasteiger partial charge on any atom is 0.409 e. The minimum atomic E-state index is -0.361. The highest BCUT2D eigenvalue weighted by Gasteiger charge is 2.27. The predicted molar refractivity (Wildman–Crippen MR) is 70.3 cm³/mol. The van der Waals surface area contributed by atoms with Crippen LogP contribution in [-0.2, 0) is 11.2 Å². The second kappa shape index (κ2) is 6.36. The van der Waals surface area contributed by atoms with Gasteiger partial charge >= 0.3 is 6.09 Å². The molecule has 20 heavy (non-hydrogen) atoms. The zero-order chi connectivity index (χ0) is 14.5. The van der Waals surface area contributed by atoms with E-state index in [9.17, 15) is 9.59 Å². The van der Waals surface area contributed by atoms with E-state index in [4.69, 9.17) is 0 Å². The Kier molecular flexibility index (Phi) is 4.54. The van der Waals surface area contributed by atoms with Crippen LogP contribution < -0.4 is 0 Å². The van der Waals surface area contributed by atoms with Gasteiger partial charge in [0.2, 0.25) is 5.82 Å². The third-order valence-electron chi connectivity index (χ3n) is 3.21. The molecule has 2 heterocycles. The molecule has 1 saturated heterocycles. The molecule has 110 valence electrons. The first-order valence-corrected chi connectivity index (χ1v) is 6.69. The van der Waals surface area contributed by atoms with Gasteiger partial charge in [-0.1, -0.05) is 6.92 Å². The Morgan fingerprint density at radius 2 is 1.90 bits per heavy atom. The Morgan fingerprint density at radius 3 is 2.50 bits per heavy atom. The van der Waals surface area contributed by atoms with Gasteiger partial charge in [0.05, 0.1) is 7.11 Å². The van der Waals surface area contributed by atoms with Crippen LogP contribution in [0.5, 0.6) is 0 Å². The zero-order valence-corrected chi connectivity index (χ0v) is 11.8. The largest absolute Gasteiger partial charge is 0.453 e. The molecule has 8 nitrogen and oxygen atoms in total. The summed E-state index contributed by atoms with van der Waals surface area (Å²) in [7, 11) is 1.35. The molecule has 1 aliphatic rings. The van der Waals surface area contributed by atoms with Crippen molar-refractivity contribution in [1.82, 2.24) is 25.0 Å². The van der Waals surface area contributed by atoms with E-state index in [1.807, 2.05) is 6.92 Å². The van der Waals surface area contributed by atoms with Gasteiger partial charge in [-0.05, 0) is 6.42 Å². The van der Waals surface area contributed by atoms with Gasteiger partial charge in [0.25, 0.3) is 5.91 Å². The molecular formula is C12H19N5O3. The summed E-state index contributed by atoms with van der Waals surface area (Å²) >= 11 is 0. The summed E-state index contributed by atoms with van der Waals surface area (Å²) < 4.78 is 4.65. The lowest BCUT2D eigenvalue weighted by Crippen LogP contribution is -2.50. The normalized spacial score (nSPS) is 15.3. The Balaban J connectivity index is 1.92. The van der Waals surface area contributed by atoms with Crippen molar-refractivity contribution >= 4 is 12.0 Å². The van der Waals surface area contributed by atoms with Gasteiger partial charge in [0, 0.05) is 32.6 Å². The van der Waals surface area contributed by atoms with E-state index in [0.29, 0.717) is 26.2 Å². The fourth-order valence-electron chi connectivity index (χ4n) is 2.10. The summed E-state index contributed by atoms with van der Waals surface area (Å²) in [5, 5.41) is 6.72. The second-order valence-electron chi connectivity index (χ2n) is 4.60. The second-order valence-corrected chi connectivity index (χ2v) is 4.60. The number of hydrogen-bond acceptors (Lipinski definition) is 5. The number of carbonyl (C=O) groups is 2. The van der Waals surface area contributed by atoms with Crippen molar-refractivity contribution < 1.29 is 14.3 Å². The van der Waals surface area contributed by atoms with E-state index in [2.05, 4.69) is 19.9 Å². The van der Waals surface area contributed by atoms with Crippen molar-refractivity contribution in [3.63, 3.8) is 0 Å². The van der Waals surface area contributed by atoms with Gasteiger partial charge in [0.15, 0.2) is 0 Å². The van der Waals surface area contributed by atoms with Gasteiger partial charge < -0.3 is 14.5 Å². The number of amides is 2. The lowest BCUT2D eigenvalue weighted by molar-refractivity contribution is 0.0589. The standard InChI is InChI=1S/C12H19N5O3/c1-3-4-9-13-10(15-14-9)11(18)16-5-7-17(8-6-16)12(19)20-2/h3-8H2,1-2H3,(H,13,14,15). The van der Waals surface area contributed by atoms with Gasteiger partial charge in [-0.3, -0.25) is 9.89 Å². The number of piperazine rings is 1. The number of aromatic amines is 1. The Bertz CT molecular complexity index is 479. The van der Waals surface area contributed by atoms with Gasteiger partial charge in [0.1, 0.15) is 5.82 Å². The summed E-state index contributed by atoms with van der Waals surface area (Å²) in [5.74, 6) is 0.720. The van der Waals surface area contributed by atoms with Gasteiger partial charge in [-0.2, -0.15) is 0 Å². The minimum Gasteiger partial charge on any atom is -0.453 e. The van der Waals surface area contributed by atoms with E-state index in [1.165, 1.54) is 7.11 Å². The average Bonchev–Trinajstić information content (AvgIpc) is 2.95. The lowest BCUT2D eigenvalue weighted by atomic mass is 10.3. The maximum absolute atomic E-state index is 12.2. The van der Waals surface area contributed by atoms with Crippen LogP contribution in [0, 0.1) is 0 Å². The number of ether oxygens (including phenoxy) is 1. The van der Waals surface area contributed by atoms with E-state index < -0.39 is 0 Å². The van der Waals surface area contributed by atoms with Crippen LogP contribution >= 0.6 is 0 Å². The summed E-state index contributed by atoms with van der Waals surface area (Å²) in [6, 6.07) is 0. The van der Waals surface area contributed by atoms with Gasteiger partial charge in [-0.25, -0.2) is 9.78 Å². The Morgan fingerprint density at radius 1 is 1.25 bits per heavy atom. The van der Waals surface area contributed by atoms with E-state index >= 15 is 0 Å². The van der Waals surface area contributed by atoms with Crippen molar-refractivity contribution in [2.45, 2.75) is 19.8 Å². The van der Waals surface area contributed by atoms with Crippen molar-refractivity contribution in [3.8, 4) is 0 Å². The van der Waals surface area contributed by atoms with Crippen LogP contribution in [0.4, 0.5) is 4.79 Å². The molecule has 1 N–H and O–H groups in total. The molecule has 2 amide bonds. The number of aryl methyl sites for hydroxylation is 1. The first kappa shape index (κ1) is 14.3. The molecule has 0 bridgehead atoms. The highest BCUT2D eigenvalue weighted by Crippen LogP contribution is 2.07. The fraction of sp³-hybridized carbons (Fsp3) is 0.667. The monoisotopic (exact) mass is 281 g/mol. The van der Waals surface area contributed by atoms with Crippen LogP contribution in [0.2, 0.25) is 0 Å². The molecule has 1 aliphatic heterocycles. The highest BCUT2D eigenvalue weighted by molar-refractivity contribution is 5.90. The lowest BCUT2D eigenvalue weighted by Gasteiger charge is -2.33. The fourth-order valence-corrected chi connectivity index (χ4v) is 2.10. The molecule has 0 radical (unpaired) electrons. The van der Waals surface area contributed by atoms with Crippen molar-refractivity contribution in [1.29, 1.82) is 0 Å². The minimum absolute atomic E-state index is 0.194. The van der Waals surface area contributed by atoms with Crippen LogP contribution in [-0.4, -0.2) is 70.3 Å². The number of rotatable bonds is 3. The summed E-state index contributed by atoms with van der Waals surface area (Å²) in [4.78, 5) is 31.0. The molecule has 1 aromatic heterocycles. The molecule has 0 spiro atoms. The molecule has 8 heteroatoms. The number of H-pyrrole nitrogens is 1. The summed E-state index contributed by atoms with van der Waals surface area (Å²) in [6.45, 7) is 3.89. The van der Waals surface area contributed by atoms with Crippen LogP contribution in [0.25, 0.3) is 0 Å². The summed E-state index contributed by atoms with van der Waals surface area (Å²) in [6.07, 6.45) is 1.36. The highest BCUT2D eigenvalue weighted by atomic mass is 16.5. The predicted octanol–water partition coefficient (Wildman–Crippen LogP) is 0.281. The molecular weight excluding hydrogens is 262 g/mol. The zero-order valence-electron chi connectivity index (χ0n) is 11.8. The van der Waals surface area contributed by atoms with E-state index in [1.54, 1.807) is 9.80 Å². The van der Waals surface area contributed by atoms with Crippen LogP contribution in [0.3, 0.4) is 0 Å². The number of hydrogen-bond donors (Lipinski definition) is 1. The molecule has 2 rings (SSSR count). The Labute approximate surface area is 117 Å². The van der Waals surface area contributed by atoms with Gasteiger partial charge in [-0.15, -0.1) is 5.10 Å². The number of carbonyl (C=O) groups excluding carboxylic acids is 2. The van der Waals surface area contributed by atoms with Crippen LogP contribution in [0.1, 0.15) is 29.8 Å². The van der Waals surface area contributed by atoms with Crippen LogP contribution in [0.15, 0.2) is 0 Å². The summed E-state index contributed by atoms with van der Waals surface area (Å²) in [5.41, 5.74) is 0. The van der Waals surface area contributed by atoms with Crippen molar-refractivity contribution in [2.75, 3.05) is 33.3 Å². The number of nitrogens with one attached hydrogen (secondary N) is 1. The topological polar surface area (TPSA) is 91.4 Å². The molecule has 1 aromatic rings. The quantitative estimate of drug-likeness (QED) is 0.859. The number of nitrogens with zero attached hydrogens (tertiary/aromatic N) is 4. The maximum atomic E-state index is 12.2. The first-order valence-electron chi connectivity index (χ1n) is 6.69. The molecule has 0 unspecified atom stereocenters. The average molecular weight is 281 g/mol. The van der Waals surface area contributed by atoms with E-state index in [0.717, 1.165) is 18.7 Å². The SMILES string of the molecule is CCCc1nc(C(=O)N2CCN(C(=O)OC)CC2)n[nH]1. The molecule has 0 aliphatic carbocycles. The molecule has 0 atom stereocenters. The number of aromatic nitrogens is 3. The number of methoxy groups -OCH3 is 1. The molecule has 0 saturated carbocycles. The van der Waals surface area contributed by atoms with Crippen molar-refractivity contribution in [3.05, 3.63) is 11.6 Å². The molecule has 1 fully saturated rings. The van der Waals surface area contributed by atoms with Crippen molar-refractivity contribution in [2.24, 2.45) is 0 Å². The third-order valence-corrected chi connectivity index (χ3v) is 3.21. The Hall–Kier alpha value is -2.12. The first-order chi connectivity index (χ1) is 9.65. The third kappa shape index (κ3) is 3.06. The smallest absolute Gasteiger partial charge is 0.409 e. The molecule has 0 aromatic carbocycles.